The first-order chi connectivity index (χ1) is 8.81. The fraction of sp³-hybridized carbons (Fsp3) is 0.125. The summed E-state index contributed by atoms with van der Waals surface area (Å²) in [5.41, 5.74) is 5.20. The summed E-state index contributed by atoms with van der Waals surface area (Å²) >= 11 is 0. The lowest BCUT2D eigenvalue weighted by atomic mass is 9.56. The normalized spacial score (nSPS) is 13.1. The summed E-state index contributed by atoms with van der Waals surface area (Å²) in [7, 11) is 0. The van der Waals surface area contributed by atoms with Gasteiger partial charge in [-0.1, -0.05) is 65.6 Å². The molecule has 0 bridgehead atoms. The lowest BCUT2D eigenvalue weighted by molar-refractivity contribution is 1.32. The maximum atomic E-state index is 3.57. The van der Waals surface area contributed by atoms with Gasteiger partial charge >= 0.3 is 0 Å². The minimum atomic E-state index is 0.391. The minimum absolute atomic E-state index is 0.391. The van der Waals surface area contributed by atoms with Gasteiger partial charge in [-0.3, -0.25) is 0 Å². The van der Waals surface area contributed by atoms with Crippen LogP contribution in [0, 0.1) is 6.92 Å². The van der Waals surface area contributed by atoms with Gasteiger partial charge in [-0.25, -0.2) is 0 Å². The van der Waals surface area contributed by atoms with Crippen LogP contribution >= 0.6 is 0 Å². The summed E-state index contributed by atoms with van der Waals surface area (Å²) in [6.07, 6.45) is 3.25. The molecule has 0 spiro atoms. The maximum absolute atomic E-state index is 3.57. The van der Waals surface area contributed by atoms with E-state index in [9.17, 15) is 0 Å². The van der Waals surface area contributed by atoms with Crippen LogP contribution in [0.2, 0.25) is 0 Å². The number of anilines is 1. The number of hydrogen-bond donors (Lipinski definition) is 1. The Hall–Kier alpha value is -1.96. The molecule has 2 heteroatoms. The SMILES string of the molecule is Cc1ccc(CB2C=Cc3ccccc3N2)cc1. The van der Waals surface area contributed by atoms with Crippen LogP contribution in [-0.2, 0) is 6.32 Å². The Balaban J connectivity index is 1.75. The summed E-state index contributed by atoms with van der Waals surface area (Å²) < 4.78 is 0. The molecule has 0 amide bonds. The molecule has 1 nitrogen and oxygen atoms in total. The van der Waals surface area contributed by atoms with Crippen LogP contribution in [0.25, 0.3) is 6.08 Å². The Morgan fingerprint density at radius 1 is 1.00 bits per heavy atom. The second-order valence-electron chi connectivity index (χ2n) is 4.89. The van der Waals surface area contributed by atoms with Gasteiger partial charge in [0.05, 0.1) is 0 Å². The first-order valence-corrected chi connectivity index (χ1v) is 6.40. The van der Waals surface area contributed by atoms with Crippen molar-refractivity contribution in [3.05, 3.63) is 71.2 Å². The summed E-state index contributed by atoms with van der Waals surface area (Å²) in [6, 6.07) is 17.2. The van der Waals surface area contributed by atoms with Crippen molar-refractivity contribution >= 4 is 18.6 Å². The first kappa shape index (κ1) is 11.2. The Bertz CT molecular complexity index is 572. The summed E-state index contributed by atoms with van der Waals surface area (Å²) in [5.74, 6) is 2.25. The molecule has 0 aliphatic carbocycles. The van der Waals surface area contributed by atoms with Gasteiger partial charge in [0.1, 0.15) is 0 Å². The smallest absolute Gasteiger partial charge is 0.283 e. The molecule has 0 radical (unpaired) electrons. The van der Waals surface area contributed by atoms with E-state index in [1.54, 1.807) is 0 Å². The Morgan fingerprint density at radius 3 is 2.61 bits per heavy atom. The molecule has 0 saturated heterocycles. The van der Waals surface area contributed by atoms with Crippen LogP contribution in [0.15, 0.2) is 54.5 Å². The highest BCUT2D eigenvalue weighted by atomic mass is 14.8. The summed E-state index contributed by atoms with van der Waals surface area (Å²) in [6.45, 7) is 2.52. The van der Waals surface area contributed by atoms with Crippen molar-refractivity contribution in [2.75, 3.05) is 5.23 Å². The highest BCUT2D eigenvalue weighted by molar-refractivity contribution is 6.68. The fourth-order valence-corrected chi connectivity index (χ4v) is 2.34. The average Bonchev–Trinajstić information content (AvgIpc) is 2.41. The minimum Gasteiger partial charge on any atom is -0.424 e. The third-order valence-electron chi connectivity index (χ3n) is 3.39. The monoisotopic (exact) mass is 233 g/mol. The zero-order chi connectivity index (χ0) is 12.4. The highest BCUT2D eigenvalue weighted by Gasteiger charge is 2.16. The van der Waals surface area contributed by atoms with Crippen molar-refractivity contribution in [2.24, 2.45) is 0 Å². The second kappa shape index (κ2) is 4.73. The number of aryl methyl sites for hydroxylation is 1. The predicted octanol–water partition coefficient (Wildman–Crippen LogP) is 3.75. The molecular formula is C16H16BN. The molecule has 0 unspecified atom stereocenters. The van der Waals surface area contributed by atoms with E-state index in [-0.39, 0.29) is 0 Å². The number of benzene rings is 2. The van der Waals surface area contributed by atoms with E-state index in [1.165, 1.54) is 22.4 Å². The first-order valence-electron chi connectivity index (χ1n) is 6.40. The predicted molar refractivity (Wildman–Crippen MR) is 79.7 cm³/mol. The molecule has 1 N–H and O–H groups in total. The molecule has 3 rings (SSSR count). The Morgan fingerprint density at radius 2 is 1.78 bits per heavy atom. The Kier molecular flexibility index (Phi) is 2.93. The van der Waals surface area contributed by atoms with Gasteiger partial charge in [0.25, 0.3) is 6.85 Å². The Labute approximate surface area is 109 Å². The highest BCUT2D eigenvalue weighted by Crippen LogP contribution is 2.22. The molecule has 0 fully saturated rings. The van der Waals surface area contributed by atoms with Crippen molar-refractivity contribution in [1.82, 2.24) is 0 Å². The maximum Gasteiger partial charge on any atom is 0.283 e. The lowest BCUT2D eigenvalue weighted by Crippen LogP contribution is -2.28. The third-order valence-corrected chi connectivity index (χ3v) is 3.39. The number of fused-ring (bicyclic) bond motifs is 1. The standard InChI is InChI=1S/C16H16BN/c1-13-6-8-14(9-7-13)12-17-11-10-15-4-2-3-5-16(15)18-17/h2-11,18H,12H2,1H3. The molecule has 0 atom stereocenters. The molecule has 1 aliphatic heterocycles. The molecule has 2 aromatic carbocycles. The van der Waals surface area contributed by atoms with Gasteiger partial charge in [0.15, 0.2) is 0 Å². The van der Waals surface area contributed by atoms with E-state index >= 15 is 0 Å². The molecule has 88 valence electrons. The number of para-hydroxylation sites is 1. The van der Waals surface area contributed by atoms with E-state index in [0.29, 0.717) is 6.85 Å². The molecule has 0 aromatic heterocycles. The third kappa shape index (κ3) is 2.33. The molecule has 1 heterocycles. The van der Waals surface area contributed by atoms with Crippen molar-refractivity contribution < 1.29 is 0 Å². The van der Waals surface area contributed by atoms with Crippen LogP contribution < -0.4 is 5.23 Å². The van der Waals surface area contributed by atoms with Gasteiger partial charge in [0, 0.05) is 5.69 Å². The zero-order valence-electron chi connectivity index (χ0n) is 10.6. The summed E-state index contributed by atoms with van der Waals surface area (Å²) in [5, 5.41) is 3.57. The topological polar surface area (TPSA) is 12.0 Å². The van der Waals surface area contributed by atoms with Gasteiger partial charge in [0.2, 0.25) is 0 Å². The quantitative estimate of drug-likeness (QED) is 0.779. The molecule has 18 heavy (non-hydrogen) atoms. The zero-order valence-corrected chi connectivity index (χ0v) is 10.6. The van der Waals surface area contributed by atoms with Gasteiger partial charge in [-0.15, -0.1) is 0 Å². The number of hydrogen-bond acceptors (Lipinski definition) is 1. The molecule has 0 saturated carbocycles. The van der Waals surface area contributed by atoms with E-state index < -0.39 is 0 Å². The fourth-order valence-electron chi connectivity index (χ4n) is 2.34. The van der Waals surface area contributed by atoms with Crippen molar-refractivity contribution in [2.45, 2.75) is 13.2 Å². The van der Waals surface area contributed by atoms with E-state index in [2.05, 4.69) is 72.7 Å². The van der Waals surface area contributed by atoms with E-state index in [0.717, 1.165) is 6.32 Å². The molecular weight excluding hydrogens is 217 g/mol. The van der Waals surface area contributed by atoms with Crippen LogP contribution in [0.5, 0.6) is 0 Å². The van der Waals surface area contributed by atoms with Crippen LogP contribution in [0.4, 0.5) is 5.69 Å². The van der Waals surface area contributed by atoms with Crippen molar-refractivity contribution in [3.63, 3.8) is 0 Å². The van der Waals surface area contributed by atoms with Gasteiger partial charge in [-0.05, 0) is 24.9 Å². The largest absolute Gasteiger partial charge is 0.424 e. The van der Waals surface area contributed by atoms with Gasteiger partial charge in [-0.2, -0.15) is 0 Å². The van der Waals surface area contributed by atoms with E-state index in [1.807, 2.05) is 0 Å². The molecule has 1 aliphatic rings. The molecule has 2 aromatic rings. The lowest BCUT2D eigenvalue weighted by Gasteiger charge is -2.19. The number of rotatable bonds is 2. The van der Waals surface area contributed by atoms with E-state index in [4.69, 9.17) is 0 Å². The second-order valence-corrected chi connectivity index (χ2v) is 4.89. The van der Waals surface area contributed by atoms with Crippen LogP contribution in [0.1, 0.15) is 16.7 Å². The van der Waals surface area contributed by atoms with Crippen molar-refractivity contribution in [1.29, 1.82) is 0 Å². The average molecular weight is 233 g/mol. The van der Waals surface area contributed by atoms with Gasteiger partial charge < -0.3 is 5.23 Å². The van der Waals surface area contributed by atoms with Crippen molar-refractivity contribution in [3.8, 4) is 0 Å². The summed E-state index contributed by atoms with van der Waals surface area (Å²) in [4.78, 5) is 0. The van der Waals surface area contributed by atoms with Crippen LogP contribution in [-0.4, -0.2) is 6.85 Å². The van der Waals surface area contributed by atoms with Crippen LogP contribution in [0.3, 0.4) is 0 Å². The number of nitrogens with one attached hydrogen (secondary N) is 1.